The summed E-state index contributed by atoms with van der Waals surface area (Å²) in [6, 6.07) is 5.55. The maximum Gasteiger partial charge on any atom is 0.328 e. The van der Waals surface area contributed by atoms with Gasteiger partial charge in [-0.05, 0) is 43.2 Å². The van der Waals surface area contributed by atoms with Crippen LogP contribution < -0.4 is 10.6 Å². The quantitative estimate of drug-likeness (QED) is 0.759. The zero-order chi connectivity index (χ0) is 14.4. The van der Waals surface area contributed by atoms with Gasteiger partial charge in [0.2, 0.25) is 5.91 Å². The van der Waals surface area contributed by atoms with E-state index in [0.29, 0.717) is 6.54 Å². The lowest BCUT2D eigenvalue weighted by molar-refractivity contribution is -0.131. The van der Waals surface area contributed by atoms with E-state index >= 15 is 0 Å². The van der Waals surface area contributed by atoms with Gasteiger partial charge >= 0.3 is 5.97 Å². The number of aryl methyl sites for hydroxylation is 1. The van der Waals surface area contributed by atoms with E-state index in [1.807, 2.05) is 36.9 Å². The minimum Gasteiger partial charge on any atom is -0.478 e. The van der Waals surface area contributed by atoms with Crippen LogP contribution in [0.5, 0.6) is 0 Å². The van der Waals surface area contributed by atoms with Gasteiger partial charge in [0.25, 0.3) is 0 Å². The van der Waals surface area contributed by atoms with Crippen molar-refractivity contribution in [3.05, 3.63) is 35.4 Å². The first-order valence-electron chi connectivity index (χ1n) is 5.99. The normalized spacial score (nSPS) is 10.6. The average Bonchev–Trinajstić information content (AvgIpc) is 2.33. The summed E-state index contributed by atoms with van der Waals surface area (Å²) in [6.45, 7) is 4.70. The molecule has 0 saturated heterocycles. The van der Waals surface area contributed by atoms with Gasteiger partial charge in [-0.2, -0.15) is 0 Å². The summed E-state index contributed by atoms with van der Waals surface area (Å²) >= 11 is 0. The van der Waals surface area contributed by atoms with Gasteiger partial charge < -0.3 is 15.7 Å². The van der Waals surface area contributed by atoms with Crippen LogP contribution in [0.3, 0.4) is 0 Å². The van der Waals surface area contributed by atoms with Crippen LogP contribution >= 0.6 is 0 Å². The van der Waals surface area contributed by atoms with E-state index in [2.05, 4.69) is 0 Å². The lowest BCUT2D eigenvalue weighted by Crippen LogP contribution is -2.34. The molecule has 5 heteroatoms. The van der Waals surface area contributed by atoms with Crippen molar-refractivity contribution < 1.29 is 14.7 Å². The van der Waals surface area contributed by atoms with E-state index in [0.717, 1.165) is 22.9 Å². The Morgan fingerprint density at radius 3 is 2.58 bits per heavy atom. The number of carbonyl (C=O) groups is 2. The number of likely N-dealkylation sites (N-methyl/N-ethyl adjacent to an activating group) is 1. The smallest absolute Gasteiger partial charge is 0.328 e. The lowest BCUT2D eigenvalue weighted by Gasteiger charge is -2.23. The summed E-state index contributed by atoms with van der Waals surface area (Å²) < 4.78 is 0. The highest BCUT2D eigenvalue weighted by Crippen LogP contribution is 2.21. The Labute approximate surface area is 112 Å². The first-order valence-corrected chi connectivity index (χ1v) is 5.99. The molecule has 5 nitrogen and oxygen atoms in total. The standard InChI is InChI=1S/C14H18N2O3/c1-3-16(9-13(15)17)12-6-4-11(8-10(12)2)5-7-14(18)19/h4-8H,3,9H2,1-2H3,(H2,15,17)(H,18,19)/b7-5+. The van der Waals surface area contributed by atoms with Crippen molar-refractivity contribution >= 4 is 23.6 Å². The summed E-state index contributed by atoms with van der Waals surface area (Å²) in [4.78, 5) is 23.3. The molecule has 0 atom stereocenters. The van der Waals surface area contributed by atoms with Gasteiger partial charge in [-0.1, -0.05) is 6.07 Å². The van der Waals surface area contributed by atoms with Gasteiger partial charge in [-0.15, -0.1) is 0 Å². The number of benzene rings is 1. The Kier molecular flexibility index (Phi) is 5.11. The van der Waals surface area contributed by atoms with Crippen LogP contribution in [0.15, 0.2) is 24.3 Å². The van der Waals surface area contributed by atoms with E-state index in [1.54, 1.807) is 0 Å². The number of carboxylic acids is 1. The zero-order valence-electron chi connectivity index (χ0n) is 11.1. The molecule has 1 rings (SSSR count). The maximum absolute atomic E-state index is 11.0. The fourth-order valence-corrected chi connectivity index (χ4v) is 1.86. The lowest BCUT2D eigenvalue weighted by atomic mass is 10.1. The molecule has 1 aromatic rings. The Balaban J connectivity index is 2.98. The predicted molar refractivity (Wildman–Crippen MR) is 74.9 cm³/mol. The van der Waals surface area contributed by atoms with Crippen LogP contribution in [0.2, 0.25) is 0 Å². The first-order chi connectivity index (χ1) is 8.93. The maximum atomic E-state index is 11.0. The van der Waals surface area contributed by atoms with E-state index < -0.39 is 5.97 Å². The van der Waals surface area contributed by atoms with Crippen LogP contribution in [0.4, 0.5) is 5.69 Å². The summed E-state index contributed by atoms with van der Waals surface area (Å²) in [6.07, 6.45) is 2.62. The highest BCUT2D eigenvalue weighted by Gasteiger charge is 2.09. The van der Waals surface area contributed by atoms with Gasteiger partial charge in [0.05, 0.1) is 6.54 Å². The Morgan fingerprint density at radius 2 is 2.11 bits per heavy atom. The first kappa shape index (κ1) is 14.8. The summed E-state index contributed by atoms with van der Waals surface area (Å²) in [5.74, 6) is -1.36. The largest absolute Gasteiger partial charge is 0.478 e. The molecule has 0 aromatic heterocycles. The van der Waals surface area contributed by atoms with E-state index in [1.165, 1.54) is 6.08 Å². The molecule has 0 aliphatic heterocycles. The molecule has 19 heavy (non-hydrogen) atoms. The van der Waals surface area contributed by atoms with Crippen LogP contribution in [-0.4, -0.2) is 30.1 Å². The molecular formula is C14H18N2O3. The highest BCUT2D eigenvalue weighted by atomic mass is 16.4. The van der Waals surface area contributed by atoms with Gasteiger partial charge in [0.15, 0.2) is 0 Å². The van der Waals surface area contributed by atoms with Gasteiger partial charge in [-0.25, -0.2) is 4.79 Å². The Hall–Kier alpha value is -2.30. The number of hydrogen-bond donors (Lipinski definition) is 2. The number of primary amides is 1. The van der Waals surface area contributed by atoms with Crippen molar-refractivity contribution in [2.24, 2.45) is 5.73 Å². The van der Waals surface area contributed by atoms with E-state index in [9.17, 15) is 9.59 Å². The molecule has 0 radical (unpaired) electrons. The van der Waals surface area contributed by atoms with Crippen molar-refractivity contribution in [2.75, 3.05) is 18.0 Å². The number of rotatable bonds is 6. The number of anilines is 1. The molecule has 0 fully saturated rings. The second-order valence-electron chi connectivity index (χ2n) is 4.20. The van der Waals surface area contributed by atoms with Crippen LogP contribution in [0.25, 0.3) is 6.08 Å². The average molecular weight is 262 g/mol. The SMILES string of the molecule is CCN(CC(N)=O)c1ccc(/C=C/C(=O)O)cc1C. The number of aliphatic carboxylic acids is 1. The van der Waals surface area contributed by atoms with Gasteiger partial charge in [-0.3, -0.25) is 4.79 Å². The Morgan fingerprint density at radius 1 is 1.42 bits per heavy atom. The molecule has 1 amide bonds. The van der Waals surface area contributed by atoms with Crippen molar-refractivity contribution in [1.82, 2.24) is 0 Å². The van der Waals surface area contributed by atoms with Crippen molar-refractivity contribution in [3.63, 3.8) is 0 Å². The molecule has 0 saturated carbocycles. The number of hydrogen-bond acceptors (Lipinski definition) is 3. The van der Waals surface area contributed by atoms with Crippen LogP contribution in [0, 0.1) is 6.92 Å². The molecule has 0 unspecified atom stereocenters. The third-order valence-corrected chi connectivity index (χ3v) is 2.71. The molecule has 0 heterocycles. The molecule has 3 N–H and O–H groups in total. The fraction of sp³-hybridized carbons (Fsp3) is 0.286. The fourth-order valence-electron chi connectivity index (χ4n) is 1.86. The van der Waals surface area contributed by atoms with Crippen LogP contribution in [-0.2, 0) is 9.59 Å². The number of nitrogens with zero attached hydrogens (tertiary/aromatic N) is 1. The third kappa shape index (κ3) is 4.46. The third-order valence-electron chi connectivity index (χ3n) is 2.71. The number of nitrogens with two attached hydrogens (primary N) is 1. The zero-order valence-corrected chi connectivity index (χ0v) is 11.1. The number of carbonyl (C=O) groups excluding carboxylic acids is 1. The highest BCUT2D eigenvalue weighted by molar-refractivity contribution is 5.85. The second-order valence-corrected chi connectivity index (χ2v) is 4.20. The minimum absolute atomic E-state index is 0.168. The number of amides is 1. The summed E-state index contributed by atoms with van der Waals surface area (Å²) in [7, 11) is 0. The van der Waals surface area contributed by atoms with Crippen molar-refractivity contribution in [2.45, 2.75) is 13.8 Å². The van der Waals surface area contributed by atoms with Gasteiger partial charge in [0, 0.05) is 18.3 Å². The van der Waals surface area contributed by atoms with Crippen LogP contribution in [0.1, 0.15) is 18.1 Å². The molecule has 102 valence electrons. The van der Waals surface area contributed by atoms with E-state index in [4.69, 9.17) is 10.8 Å². The second kappa shape index (κ2) is 6.58. The summed E-state index contributed by atoms with van der Waals surface area (Å²) in [5.41, 5.74) is 7.91. The summed E-state index contributed by atoms with van der Waals surface area (Å²) in [5, 5.41) is 8.58. The Bertz CT molecular complexity index is 509. The van der Waals surface area contributed by atoms with Crippen molar-refractivity contribution in [1.29, 1.82) is 0 Å². The predicted octanol–water partition coefficient (Wildman–Crippen LogP) is 1.40. The molecule has 0 aliphatic carbocycles. The topological polar surface area (TPSA) is 83.6 Å². The molecule has 0 bridgehead atoms. The molecule has 0 aliphatic rings. The van der Waals surface area contributed by atoms with Gasteiger partial charge in [0.1, 0.15) is 0 Å². The molecule has 1 aromatic carbocycles. The minimum atomic E-state index is -0.981. The molecular weight excluding hydrogens is 244 g/mol. The molecule has 0 spiro atoms. The number of carboxylic acid groups (broad SMARTS) is 1. The van der Waals surface area contributed by atoms with E-state index in [-0.39, 0.29) is 12.5 Å². The van der Waals surface area contributed by atoms with Crippen molar-refractivity contribution in [3.8, 4) is 0 Å². The monoisotopic (exact) mass is 262 g/mol.